The maximum atomic E-state index is 11.2. The van der Waals surface area contributed by atoms with Crippen molar-refractivity contribution in [3.8, 4) is 5.75 Å². The predicted molar refractivity (Wildman–Crippen MR) is 119 cm³/mol. The molecule has 3 N–H and O–H groups in total. The van der Waals surface area contributed by atoms with Crippen LogP contribution in [0, 0.1) is 0 Å². The summed E-state index contributed by atoms with van der Waals surface area (Å²) in [5, 5.41) is 13.7. The number of carbonyl (C=O) groups excluding carboxylic acids is 1. The number of aromatic hydroxyl groups is 1. The number of para-hydroxylation sites is 1. The van der Waals surface area contributed by atoms with Crippen LogP contribution in [0.2, 0.25) is 0 Å². The van der Waals surface area contributed by atoms with Gasteiger partial charge in [0.15, 0.2) is 5.13 Å². The summed E-state index contributed by atoms with van der Waals surface area (Å²) in [6.45, 7) is 4.23. The van der Waals surface area contributed by atoms with Gasteiger partial charge < -0.3 is 14.8 Å². The van der Waals surface area contributed by atoms with Gasteiger partial charge >= 0.3 is 0 Å². The molecule has 6 nitrogen and oxygen atoms in total. The average molecular weight is 410 g/mol. The number of H-pyrrole nitrogens is 1. The number of allylic oxidation sites excluding steroid dienone is 1. The van der Waals surface area contributed by atoms with Crippen molar-refractivity contribution in [1.29, 1.82) is 0 Å². The van der Waals surface area contributed by atoms with Crippen LogP contribution in [-0.2, 0) is 9.53 Å². The van der Waals surface area contributed by atoms with Gasteiger partial charge in [0.2, 0.25) is 0 Å². The summed E-state index contributed by atoms with van der Waals surface area (Å²) >= 11 is 1.31. The number of benzene rings is 2. The van der Waals surface area contributed by atoms with Gasteiger partial charge in [-0.15, -0.1) is 0 Å². The molecule has 7 heteroatoms. The normalized spacial score (nSPS) is 10.4. The molecular formula is C22H23N3O3S. The summed E-state index contributed by atoms with van der Waals surface area (Å²) < 4.78 is 5.52. The highest BCUT2D eigenvalue weighted by Crippen LogP contribution is 2.28. The van der Waals surface area contributed by atoms with Gasteiger partial charge in [-0.3, -0.25) is 10.1 Å². The molecule has 0 saturated heterocycles. The maximum absolute atomic E-state index is 11.2. The molecule has 0 unspecified atom stereocenters. The van der Waals surface area contributed by atoms with Gasteiger partial charge in [-0.05, 0) is 43.7 Å². The first-order chi connectivity index (χ1) is 14.0. The minimum Gasteiger partial charge on any atom is -0.508 e. The third kappa shape index (κ3) is 5.43. The molecule has 0 aliphatic heterocycles. The zero-order valence-corrected chi connectivity index (χ0v) is 17.3. The topological polar surface area (TPSA) is 87.2 Å². The van der Waals surface area contributed by atoms with E-state index in [1.165, 1.54) is 40.5 Å². The average Bonchev–Trinajstić information content (AvgIpc) is 3.25. The predicted octanol–water partition coefficient (Wildman–Crippen LogP) is 5.18. The Kier molecular flexibility index (Phi) is 6.64. The van der Waals surface area contributed by atoms with Crippen molar-refractivity contribution < 1.29 is 14.6 Å². The van der Waals surface area contributed by atoms with Crippen LogP contribution >= 0.6 is 11.3 Å². The highest BCUT2D eigenvalue weighted by Gasteiger charge is 2.07. The van der Waals surface area contributed by atoms with Crippen molar-refractivity contribution in [3.05, 3.63) is 59.8 Å². The number of nitrogens with zero attached hydrogens (tertiary/aromatic N) is 1. The molecule has 29 heavy (non-hydrogen) atoms. The number of hydrogen-bond donors (Lipinski definition) is 3. The second-order valence-corrected chi connectivity index (χ2v) is 7.69. The first kappa shape index (κ1) is 20.6. The van der Waals surface area contributed by atoms with Crippen molar-refractivity contribution in [1.82, 2.24) is 9.97 Å². The molecule has 150 valence electrons. The van der Waals surface area contributed by atoms with Crippen molar-refractivity contribution in [2.75, 3.05) is 19.0 Å². The third-order valence-corrected chi connectivity index (χ3v) is 4.89. The fourth-order valence-electron chi connectivity index (χ4n) is 2.78. The first-order valence-electron chi connectivity index (χ1n) is 9.05. The van der Waals surface area contributed by atoms with Gasteiger partial charge in [-0.25, -0.2) is 4.98 Å². The Morgan fingerprint density at radius 1 is 1.28 bits per heavy atom. The van der Waals surface area contributed by atoms with Crippen molar-refractivity contribution >= 4 is 49.6 Å². The number of phenolic OH excluding ortho intramolecular Hbond substituents is 1. The van der Waals surface area contributed by atoms with Crippen LogP contribution in [0.3, 0.4) is 0 Å². The molecule has 0 radical (unpaired) electrons. The van der Waals surface area contributed by atoms with E-state index in [-0.39, 0.29) is 18.3 Å². The maximum Gasteiger partial charge on any atom is 0.252 e. The SMILES string of the molecule is CC(C)=Cc1c[nH]c2ccccc12.COCC(=O)Nc1nc2ccc(O)cc2s1. The zero-order valence-electron chi connectivity index (χ0n) is 16.5. The van der Waals surface area contributed by atoms with Crippen LogP contribution in [-0.4, -0.2) is 34.7 Å². The van der Waals surface area contributed by atoms with E-state index in [0.29, 0.717) is 5.13 Å². The zero-order chi connectivity index (χ0) is 20.8. The van der Waals surface area contributed by atoms with Crippen LogP contribution in [0.15, 0.2) is 54.2 Å². The highest BCUT2D eigenvalue weighted by molar-refractivity contribution is 7.22. The number of hydrogen-bond acceptors (Lipinski definition) is 5. The molecule has 2 aromatic heterocycles. The van der Waals surface area contributed by atoms with Gasteiger partial charge in [0.1, 0.15) is 12.4 Å². The number of thiazole rings is 1. The first-order valence-corrected chi connectivity index (χ1v) is 9.87. The molecule has 0 atom stereocenters. The summed E-state index contributed by atoms with van der Waals surface area (Å²) in [5.41, 5.74) is 4.55. The Hall–Kier alpha value is -3.16. The minimum absolute atomic E-state index is 0.00117. The van der Waals surface area contributed by atoms with Crippen molar-refractivity contribution in [2.45, 2.75) is 13.8 Å². The lowest BCUT2D eigenvalue weighted by Crippen LogP contribution is -2.16. The lowest BCUT2D eigenvalue weighted by Gasteiger charge is -1.98. The summed E-state index contributed by atoms with van der Waals surface area (Å²) in [6.07, 6.45) is 4.25. The van der Waals surface area contributed by atoms with Crippen molar-refractivity contribution in [2.24, 2.45) is 0 Å². The molecular weight excluding hydrogens is 386 g/mol. The second-order valence-electron chi connectivity index (χ2n) is 6.66. The molecule has 4 rings (SSSR count). The number of carbonyl (C=O) groups is 1. The number of nitrogens with one attached hydrogen (secondary N) is 2. The van der Waals surface area contributed by atoms with Crippen LogP contribution in [0.4, 0.5) is 5.13 Å². The number of methoxy groups -OCH3 is 1. The fraction of sp³-hybridized carbons (Fsp3) is 0.182. The van der Waals surface area contributed by atoms with Gasteiger partial charge in [-0.1, -0.05) is 41.2 Å². The highest BCUT2D eigenvalue weighted by atomic mass is 32.1. The van der Waals surface area contributed by atoms with E-state index >= 15 is 0 Å². The smallest absolute Gasteiger partial charge is 0.252 e. The van der Waals surface area contributed by atoms with Gasteiger partial charge in [-0.2, -0.15) is 0 Å². The second kappa shape index (κ2) is 9.36. The Labute approximate surface area is 172 Å². The van der Waals surface area contributed by atoms with Crippen molar-refractivity contribution in [3.63, 3.8) is 0 Å². The molecule has 0 aliphatic rings. The Morgan fingerprint density at radius 2 is 2.07 bits per heavy atom. The summed E-state index contributed by atoms with van der Waals surface area (Å²) in [6, 6.07) is 13.2. The number of anilines is 1. The van der Waals surface area contributed by atoms with Crippen LogP contribution in [0.25, 0.3) is 27.2 Å². The monoisotopic (exact) mass is 409 g/mol. The third-order valence-electron chi connectivity index (χ3n) is 3.96. The number of fused-ring (bicyclic) bond motifs is 2. The number of phenols is 1. The molecule has 1 amide bonds. The minimum atomic E-state index is -0.245. The number of aromatic nitrogens is 2. The van der Waals surface area contributed by atoms with E-state index in [2.05, 4.69) is 59.6 Å². The molecule has 0 bridgehead atoms. The van der Waals surface area contributed by atoms with E-state index in [0.717, 1.165) is 10.2 Å². The lowest BCUT2D eigenvalue weighted by atomic mass is 10.1. The van der Waals surface area contributed by atoms with Gasteiger partial charge in [0.05, 0.1) is 10.2 Å². The fourth-order valence-corrected chi connectivity index (χ4v) is 3.69. The Morgan fingerprint density at radius 3 is 2.83 bits per heavy atom. The van der Waals surface area contributed by atoms with Crippen LogP contribution in [0.1, 0.15) is 19.4 Å². The Balaban J connectivity index is 0.000000169. The Bertz CT molecular complexity index is 1160. The molecule has 0 fully saturated rings. The molecule has 2 aromatic carbocycles. The number of aromatic amines is 1. The molecule has 4 aromatic rings. The van der Waals surface area contributed by atoms with E-state index in [9.17, 15) is 9.90 Å². The van der Waals surface area contributed by atoms with Crippen LogP contribution in [0.5, 0.6) is 5.75 Å². The van der Waals surface area contributed by atoms with Crippen LogP contribution < -0.4 is 5.32 Å². The van der Waals surface area contributed by atoms with E-state index in [4.69, 9.17) is 4.74 Å². The number of amides is 1. The standard InChI is InChI=1S/C12H13N.C10H10N2O3S/c1-9(2)7-10-8-13-12-6-4-3-5-11(10)12;1-15-5-9(14)12-10-11-7-3-2-6(13)4-8(7)16-10/h3-8,13H,1-2H3;2-4,13H,5H2,1H3,(H,11,12,14). The quantitative estimate of drug-likeness (QED) is 0.433. The van der Waals surface area contributed by atoms with E-state index in [1.807, 2.05) is 6.07 Å². The number of rotatable bonds is 4. The van der Waals surface area contributed by atoms with Gasteiger partial charge in [0, 0.05) is 24.2 Å². The number of ether oxygens (including phenoxy) is 1. The summed E-state index contributed by atoms with van der Waals surface area (Å²) in [7, 11) is 1.45. The summed E-state index contributed by atoms with van der Waals surface area (Å²) in [5.74, 6) is -0.0586. The summed E-state index contributed by atoms with van der Waals surface area (Å²) in [4.78, 5) is 18.7. The lowest BCUT2D eigenvalue weighted by molar-refractivity contribution is -0.119. The largest absolute Gasteiger partial charge is 0.508 e. The van der Waals surface area contributed by atoms with Gasteiger partial charge in [0.25, 0.3) is 5.91 Å². The van der Waals surface area contributed by atoms with E-state index < -0.39 is 0 Å². The van der Waals surface area contributed by atoms with E-state index in [1.54, 1.807) is 18.2 Å². The molecule has 0 aliphatic carbocycles. The molecule has 0 spiro atoms. The molecule has 2 heterocycles. The molecule has 0 saturated carbocycles.